The van der Waals surface area contributed by atoms with Crippen molar-refractivity contribution in [2.75, 3.05) is 30.7 Å². The first kappa shape index (κ1) is 22.5. The van der Waals surface area contributed by atoms with E-state index in [0.717, 1.165) is 50.2 Å². The quantitative estimate of drug-likeness (QED) is 0.521. The number of nitrogen functional groups attached to an aromatic ring is 1. The number of nitrogens with one attached hydrogen (secondary N) is 2. The van der Waals surface area contributed by atoms with Gasteiger partial charge in [-0.05, 0) is 31.5 Å². The number of piperidine rings is 1. The van der Waals surface area contributed by atoms with Gasteiger partial charge in [-0.25, -0.2) is 18.2 Å². The first-order chi connectivity index (χ1) is 15.9. The van der Waals surface area contributed by atoms with E-state index in [2.05, 4.69) is 20.6 Å². The highest BCUT2D eigenvalue weighted by molar-refractivity contribution is 6.07. The number of halogens is 3. The van der Waals surface area contributed by atoms with Crippen molar-refractivity contribution in [2.45, 2.75) is 12.8 Å². The fraction of sp³-hybridized carbons (Fsp3) is 0.261. The number of aromatic nitrogens is 2. The summed E-state index contributed by atoms with van der Waals surface area (Å²) in [6.45, 7) is 2.28. The number of anilines is 2. The summed E-state index contributed by atoms with van der Waals surface area (Å²) in [6.07, 6.45) is 5.01. The van der Waals surface area contributed by atoms with Gasteiger partial charge in [-0.3, -0.25) is 9.78 Å². The lowest BCUT2D eigenvalue weighted by atomic mass is 10.0. The summed E-state index contributed by atoms with van der Waals surface area (Å²) in [6, 6.07) is 5.49. The van der Waals surface area contributed by atoms with E-state index in [4.69, 9.17) is 10.5 Å². The van der Waals surface area contributed by atoms with Crippen LogP contribution < -0.4 is 21.1 Å². The molecule has 1 aliphatic rings. The first-order valence-electron chi connectivity index (χ1n) is 10.4. The van der Waals surface area contributed by atoms with Gasteiger partial charge in [-0.2, -0.15) is 0 Å². The van der Waals surface area contributed by atoms with E-state index in [1.165, 1.54) is 12.4 Å². The Morgan fingerprint density at radius 3 is 2.73 bits per heavy atom. The number of nitrogens with zero attached hydrogens (tertiary/aromatic N) is 2. The SMILES string of the molecule is Nc1cc(F)c(-c2c(F)cccc2F)nc1C(=O)Nc1cnccc1OCC1CCCNC1. The molecule has 172 valence electrons. The standard InChI is InChI=1S/C23H22F3N5O2/c24-14-4-1-5-15(25)20(14)21-16(26)9-17(27)22(31-21)23(32)30-18-11-29-8-6-19(18)33-12-13-3-2-7-28-10-13/h1,4-6,8-9,11,13,28H,2-3,7,10,12,27H2,(H,30,32). The summed E-state index contributed by atoms with van der Waals surface area (Å²) < 4.78 is 48.7. The average Bonchev–Trinajstić information content (AvgIpc) is 2.80. The maximum absolute atomic E-state index is 14.5. The lowest BCUT2D eigenvalue weighted by Crippen LogP contribution is -2.33. The summed E-state index contributed by atoms with van der Waals surface area (Å²) in [5, 5.41) is 5.90. The van der Waals surface area contributed by atoms with Crippen molar-refractivity contribution >= 4 is 17.3 Å². The molecule has 1 unspecified atom stereocenters. The summed E-state index contributed by atoms with van der Waals surface area (Å²) >= 11 is 0. The van der Waals surface area contributed by atoms with Gasteiger partial charge in [0.25, 0.3) is 5.91 Å². The van der Waals surface area contributed by atoms with Gasteiger partial charge in [0.1, 0.15) is 28.8 Å². The van der Waals surface area contributed by atoms with Gasteiger partial charge in [0.15, 0.2) is 11.5 Å². The van der Waals surface area contributed by atoms with Crippen molar-refractivity contribution in [2.24, 2.45) is 5.92 Å². The highest BCUT2D eigenvalue weighted by atomic mass is 19.1. The number of carbonyl (C=O) groups is 1. The molecule has 1 atom stereocenters. The highest BCUT2D eigenvalue weighted by Crippen LogP contribution is 2.30. The Balaban J connectivity index is 1.58. The molecule has 1 amide bonds. The number of rotatable bonds is 6. The summed E-state index contributed by atoms with van der Waals surface area (Å²) in [5.74, 6) is -3.16. The fourth-order valence-corrected chi connectivity index (χ4v) is 3.64. The molecule has 0 bridgehead atoms. The minimum atomic E-state index is -1.06. The molecular formula is C23H22F3N5O2. The van der Waals surface area contributed by atoms with Crippen molar-refractivity contribution in [1.82, 2.24) is 15.3 Å². The van der Waals surface area contributed by atoms with Crippen LogP contribution in [0.2, 0.25) is 0 Å². The van der Waals surface area contributed by atoms with Crippen molar-refractivity contribution in [3.63, 3.8) is 0 Å². The third-order valence-corrected chi connectivity index (χ3v) is 5.32. The van der Waals surface area contributed by atoms with Crippen LogP contribution >= 0.6 is 0 Å². The largest absolute Gasteiger partial charge is 0.491 e. The molecule has 10 heteroatoms. The summed E-state index contributed by atoms with van der Waals surface area (Å²) in [7, 11) is 0. The molecule has 1 fully saturated rings. The van der Waals surface area contributed by atoms with Gasteiger partial charge in [-0.15, -0.1) is 0 Å². The Morgan fingerprint density at radius 2 is 2.00 bits per heavy atom. The van der Waals surface area contributed by atoms with Gasteiger partial charge in [-0.1, -0.05) is 6.07 Å². The van der Waals surface area contributed by atoms with Crippen LogP contribution in [-0.4, -0.2) is 35.6 Å². The number of amides is 1. The van der Waals surface area contributed by atoms with Crippen LogP contribution in [0.1, 0.15) is 23.3 Å². The molecule has 33 heavy (non-hydrogen) atoms. The first-order valence-corrected chi connectivity index (χ1v) is 10.4. The zero-order valence-electron chi connectivity index (χ0n) is 17.6. The minimum absolute atomic E-state index is 0.260. The van der Waals surface area contributed by atoms with Crippen LogP contribution in [-0.2, 0) is 0 Å². The van der Waals surface area contributed by atoms with Crippen LogP contribution in [0.4, 0.5) is 24.5 Å². The van der Waals surface area contributed by atoms with Gasteiger partial charge >= 0.3 is 0 Å². The van der Waals surface area contributed by atoms with E-state index in [9.17, 15) is 18.0 Å². The highest BCUT2D eigenvalue weighted by Gasteiger charge is 2.23. The second-order valence-electron chi connectivity index (χ2n) is 7.70. The normalized spacial score (nSPS) is 15.8. The average molecular weight is 457 g/mol. The van der Waals surface area contributed by atoms with E-state index in [0.29, 0.717) is 18.3 Å². The van der Waals surface area contributed by atoms with Crippen LogP contribution in [0.25, 0.3) is 11.3 Å². The minimum Gasteiger partial charge on any atom is -0.491 e. The lowest BCUT2D eigenvalue weighted by Gasteiger charge is -2.23. The van der Waals surface area contributed by atoms with E-state index in [-0.39, 0.29) is 17.1 Å². The lowest BCUT2D eigenvalue weighted by molar-refractivity contribution is 0.102. The van der Waals surface area contributed by atoms with Crippen LogP contribution in [0, 0.1) is 23.4 Å². The number of pyridine rings is 2. The number of hydrogen-bond donors (Lipinski definition) is 3. The van der Waals surface area contributed by atoms with Crippen LogP contribution in [0.15, 0.2) is 42.7 Å². The topological polar surface area (TPSA) is 102 Å². The molecule has 0 saturated carbocycles. The Hall–Kier alpha value is -3.66. The molecule has 1 aliphatic heterocycles. The second-order valence-corrected chi connectivity index (χ2v) is 7.70. The third kappa shape index (κ3) is 5.06. The van der Waals surface area contributed by atoms with E-state index in [1.807, 2.05) is 0 Å². The van der Waals surface area contributed by atoms with Crippen molar-refractivity contribution in [1.29, 1.82) is 0 Å². The zero-order chi connectivity index (χ0) is 23.4. The van der Waals surface area contributed by atoms with Crippen molar-refractivity contribution < 1.29 is 22.7 Å². The number of nitrogens with two attached hydrogens (primary N) is 1. The van der Waals surface area contributed by atoms with Gasteiger partial charge < -0.3 is 21.1 Å². The molecule has 0 spiro atoms. The smallest absolute Gasteiger partial charge is 0.276 e. The molecule has 3 heterocycles. The second kappa shape index (κ2) is 9.86. The van der Waals surface area contributed by atoms with Gasteiger partial charge in [0.05, 0.1) is 24.1 Å². The Bertz CT molecular complexity index is 1150. The van der Waals surface area contributed by atoms with E-state index < -0.39 is 34.6 Å². The molecule has 4 N–H and O–H groups in total. The predicted molar refractivity (Wildman–Crippen MR) is 117 cm³/mol. The molecule has 1 aromatic carbocycles. The third-order valence-electron chi connectivity index (χ3n) is 5.32. The molecule has 7 nitrogen and oxygen atoms in total. The molecule has 4 rings (SSSR count). The molecule has 0 radical (unpaired) electrons. The number of carbonyl (C=O) groups excluding carboxylic acids is 1. The Kier molecular flexibility index (Phi) is 6.74. The van der Waals surface area contributed by atoms with Crippen molar-refractivity contribution in [3.8, 4) is 17.0 Å². The monoisotopic (exact) mass is 457 g/mol. The van der Waals surface area contributed by atoms with E-state index >= 15 is 0 Å². The Morgan fingerprint density at radius 1 is 1.21 bits per heavy atom. The van der Waals surface area contributed by atoms with Gasteiger partial charge in [0, 0.05) is 30.8 Å². The zero-order valence-corrected chi connectivity index (χ0v) is 17.6. The molecule has 0 aliphatic carbocycles. The van der Waals surface area contributed by atoms with Crippen LogP contribution in [0.3, 0.4) is 0 Å². The molecule has 2 aromatic heterocycles. The maximum atomic E-state index is 14.5. The Labute approximate surface area is 188 Å². The van der Waals surface area contributed by atoms with Gasteiger partial charge in [0.2, 0.25) is 0 Å². The fourth-order valence-electron chi connectivity index (χ4n) is 3.64. The number of ether oxygens (including phenoxy) is 1. The van der Waals surface area contributed by atoms with E-state index in [1.54, 1.807) is 6.07 Å². The molecular weight excluding hydrogens is 435 g/mol. The predicted octanol–water partition coefficient (Wildman–Crippen LogP) is 3.77. The van der Waals surface area contributed by atoms with Crippen molar-refractivity contribution in [3.05, 3.63) is 65.9 Å². The van der Waals surface area contributed by atoms with Crippen LogP contribution in [0.5, 0.6) is 5.75 Å². The molecule has 3 aromatic rings. The molecule has 1 saturated heterocycles. The number of hydrogen-bond acceptors (Lipinski definition) is 6. The summed E-state index contributed by atoms with van der Waals surface area (Å²) in [5.41, 5.74) is 4.03. The maximum Gasteiger partial charge on any atom is 0.276 e. The summed E-state index contributed by atoms with van der Waals surface area (Å²) in [4.78, 5) is 20.7. The number of benzene rings is 1.